The lowest BCUT2D eigenvalue weighted by Gasteiger charge is -2.11. The van der Waals surface area contributed by atoms with Gasteiger partial charge in [0.25, 0.3) is 10.0 Å². The number of rotatable bonds is 5. The Balaban J connectivity index is 1.67. The maximum Gasteiger partial charge on any atom is 0.269 e. The molecule has 4 rings (SSSR count). The van der Waals surface area contributed by atoms with Gasteiger partial charge in [-0.25, -0.2) is 17.4 Å². The Kier molecular flexibility index (Phi) is 4.94. The Morgan fingerprint density at radius 2 is 1.89 bits per heavy atom. The van der Waals surface area contributed by atoms with E-state index in [-0.39, 0.29) is 11.2 Å². The lowest BCUT2D eigenvalue weighted by molar-refractivity contribution is -0.0461. The Morgan fingerprint density at radius 1 is 1.19 bits per heavy atom. The molecule has 0 atom stereocenters. The van der Waals surface area contributed by atoms with Crippen LogP contribution in [0.5, 0.6) is 0 Å². The first-order valence-electron chi connectivity index (χ1n) is 8.67. The Hall–Kier alpha value is -1.93. The third-order valence-electron chi connectivity index (χ3n) is 4.61. The molecule has 1 fully saturated rings. The van der Waals surface area contributed by atoms with Gasteiger partial charge in [0.05, 0.1) is 23.1 Å². The standard InChI is InChI=1S/C19H19ClN2O4S/c1-13-2-5-15(6-3-13)27(23,24)22-9-8-16-18(20)14(12-21-19(16)22)4-7-17-25-10-11-26-17/h2-3,5-6,8-9,12,17H,4,7,10-11H2,1H3. The second-order valence-corrected chi connectivity index (χ2v) is 8.67. The summed E-state index contributed by atoms with van der Waals surface area (Å²) in [6, 6.07) is 8.40. The molecule has 142 valence electrons. The average molecular weight is 407 g/mol. The minimum Gasteiger partial charge on any atom is -0.350 e. The van der Waals surface area contributed by atoms with Crippen molar-refractivity contribution in [3.63, 3.8) is 0 Å². The van der Waals surface area contributed by atoms with Crippen LogP contribution in [-0.2, 0) is 25.9 Å². The SMILES string of the molecule is Cc1ccc(S(=O)(=O)n2ccc3c(Cl)c(CCC4OCCO4)cnc32)cc1. The topological polar surface area (TPSA) is 70.4 Å². The summed E-state index contributed by atoms with van der Waals surface area (Å²) in [5.41, 5.74) is 2.15. The molecule has 3 aromatic rings. The summed E-state index contributed by atoms with van der Waals surface area (Å²) < 4.78 is 38.0. The van der Waals surface area contributed by atoms with Gasteiger partial charge in [-0.3, -0.25) is 0 Å². The molecule has 0 unspecified atom stereocenters. The van der Waals surface area contributed by atoms with Crippen LogP contribution in [0.2, 0.25) is 5.02 Å². The predicted octanol–water partition coefficient (Wildman–Crippen LogP) is 3.54. The molecule has 0 bridgehead atoms. The van der Waals surface area contributed by atoms with Crippen LogP contribution in [0.1, 0.15) is 17.5 Å². The second kappa shape index (κ2) is 7.24. The van der Waals surface area contributed by atoms with Crippen LogP contribution in [0.15, 0.2) is 47.6 Å². The van der Waals surface area contributed by atoms with Crippen LogP contribution in [0.3, 0.4) is 0 Å². The van der Waals surface area contributed by atoms with Gasteiger partial charge in [-0.05, 0) is 37.1 Å². The van der Waals surface area contributed by atoms with Crippen molar-refractivity contribution in [1.82, 2.24) is 8.96 Å². The van der Waals surface area contributed by atoms with Crippen molar-refractivity contribution >= 4 is 32.7 Å². The van der Waals surface area contributed by atoms with Gasteiger partial charge in [0.1, 0.15) is 0 Å². The lowest BCUT2D eigenvalue weighted by Crippen LogP contribution is -2.12. The summed E-state index contributed by atoms with van der Waals surface area (Å²) >= 11 is 6.53. The molecule has 0 spiro atoms. The van der Waals surface area contributed by atoms with Gasteiger partial charge in [0.2, 0.25) is 0 Å². The molecule has 6 nitrogen and oxygen atoms in total. The molecular formula is C19H19ClN2O4S. The highest BCUT2D eigenvalue weighted by Gasteiger charge is 2.22. The number of hydrogen-bond acceptors (Lipinski definition) is 5. The molecule has 0 N–H and O–H groups in total. The van der Waals surface area contributed by atoms with E-state index in [2.05, 4.69) is 4.98 Å². The highest BCUT2D eigenvalue weighted by molar-refractivity contribution is 7.90. The number of nitrogens with zero attached hydrogens (tertiary/aromatic N) is 2. The van der Waals surface area contributed by atoms with Crippen molar-refractivity contribution in [2.45, 2.75) is 31.0 Å². The van der Waals surface area contributed by atoms with E-state index in [0.717, 1.165) is 11.1 Å². The van der Waals surface area contributed by atoms with Crippen molar-refractivity contribution in [2.24, 2.45) is 0 Å². The summed E-state index contributed by atoms with van der Waals surface area (Å²) in [5, 5.41) is 1.12. The molecule has 0 aliphatic carbocycles. The molecule has 8 heteroatoms. The van der Waals surface area contributed by atoms with E-state index in [1.807, 2.05) is 6.92 Å². The van der Waals surface area contributed by atoms with Crippen molar-refractivity contribution < 1.29 is 17.9 Å². The van der Waals surface area contributed by atoms with Crippen LogP contribution >= 0.6 is 11.6 Å². The van der Waals surface area contributed by atoms with Gasteiger partial charge in [0, 0.05) is 24.2 Å². The van der Waals surface area contributed by atoms with Gasteiger partial charge in [0.15, 0.2) is 11.9 Å². The molecule has 0 radical (unpaired) electrons. The number of aromatic nitrogens is 2. The van der Waals surface area contributed by atoms with E-state index in [9.17, 15) is 8.42 Å². The number of fused-ring (bicyclic) bond motifs is 1. The van der Waals surface area contributed by atoms with E-state index < -0.39 is 10.0 Å². The van der Waals surface area contributed by atoms with Crippen LogP contribution in [0.25, 0.3) is 11.0 Å². The zero-order valence-electron chi connectivity index (χ0n) is 14.8. The molecule has 1 aliphatic heterocycles. The van der Waals surface area contributed by atoms with Crippen molar-refractivity contribution in [3.8, 4) is 0 Å². The molecular weight excluding hydrogens is 388 g/mol. The first kappa shape index (κ1) is 18.4. The van der Waals surface area contributed by atoms with Crippen molar-refractivity contribution in [1.29, 1.82) is 0 Å². The fourth-order valence-electron chi connectivity index (χ4n) is 3.11. The molecule has 1 aliphatic rings. The molecule has 0 saturated carbocycles. The highest BCUT2D eigenvalue weighted by Crippen LogP contribution is 2.30. The van der Waals surface area contributed by atoms with Crippen LogP contribution in [0, 0.1) is 6.92 Å². The highest BCUT2D eigenvalue weighted by atomic mass is 35.5. The zero-order valence-corrected chi connectivity index (χ0v) is 16.3. The molecule has 1 aromatic carbocycles. The smallest absolute Gasteiger partial charge is 0.269 e. The van der Waals surface area contributed by atoms with Crippen LogP contribution < -0.4 is 0 Å². The van der Waals surface area contributed by atoms with Crippen LogP contribution in [-0.4, -0.2) is 36.9 Å². The van der Waals surface area contributed by atoms with Gasteiger partial charge < -0.3 is 9.47 Å². The Bertz CT molecular complexity index is 1070. The van der Waals surface area contributed by atoms with E-state index in [0.29, 0.717) is 42.1 Å². The third-order valence-corrected chi connectivity index (χ3v) is 6.73. The maximum atomic E-state index is 13.0. The number of hydrogen-bond donors (Lipinski definition) is 0. The third kappa shape index (κ3) is 3.48. The Labute approximate surface area is 162 Å². The largest absolute Gasteiger partial charge is 0.350 e. The minimum atomic E-state index is -3.74. The Morgan fingerprint density at radius 3 is 2.59 bits per heavy atom. The van der Waals surface area contributed by atoms with E-state index in [1.165, 1.54) is 10.2 Å². The van der Waals surface area contributed by atoms with Gasteiger partial charge in [-0.2, -0.15) is 0 Å². The van der Waals surface area contributed by atoms with Gasteiger partial charge in [-0.1, -0.05) is 29.3 Å². The number of ether oxygens (including phenoxy) is 2. The molecule has 3 heterocycles. The molecule has 1 saturated heterocycles. The maximum absolute atomic E-state index is 13.0. The fraction of sp³-hybridized carbons (Fsp3) is 0.316. The normalized spacial score (nSPS) is 15.6. The van der Waals surface area contributed by atoms with Crippen LogP contribution in [0.4, 0.5) is 0 Å². The fourth-order valence-corrected chi connectivity index (χ4v) is 4.70. The zero-order chi connectivity index (χ0) is 19.0. The van der Waals surface area contributed by atoms with Crippen molar-refractivity contribution in [3.05, 3.63) is 58.9 Å². The summed E-state index contributed by atoms with van der Waals surface area (Å²) in [7, 11) is -3.74. The first-order chi connectivity index (χ1) is 13.0. The van der Waals surface area contributed by atoms with E-state index >= 15 is 0 Å². The lowest BCUT2D eigenvalue weighted by atomic mass is 10.1. The summed E-state index contributed by atoms with van der Waals surface area (Å²) in [5.74, 6) is 0. The number of benzene rings is 1. The minimum absolute atomic E-state index is 0.211. The van der Waals surface area contributed by atoms with E-state index in [4.69, 9.17) is 21.1 Å². The average Bonchev–Trinajstić information content (AvgIpc) is 3.31. The van der Waals surface area contributed by atoms with Crippen molar-refractivity contribution in [2.75, 3.05) is 13.2 Å². The van der Waals surface area contributed by atoms with E-state index in [1.54, 1.807) is 36.5 Å². The van der Waals surface area contributed by atoms with Gasteiger partial charge >= 0.3 is 0 Å². The van der Waals surface area contributed by atoms with Gasteiger partial charge in [-0.15, -0.1) is 0 Å². The predicted molar refractivity (Wildman–Crippen MR) is 103 cm³/mol. The second-order valence-electron chi connectivity index (χ2n) is 6.47. The number of aryl methyl sites for hydroxylation is 2. The quantitative estimate of drug-likeness (QED) is 0.648. The first-order valence-corrected chi connectivity index (χ1v) is 10.5. The summed E-state index contributed by atoms with van der Waals surface area (Å²) in [4.78, 5) is 4.59. The monoisotopic (exact) mass is 406 g/mol. The number of pyridine rings is 1. The molecule has 2 aromatic heterocycles. The summed E-state index contributed by atoms with van der Waals surface area (Å²) in [6.45, 7) is 3.12. The number of halogens is 1. The molecule has 0 amide bonds. The molecule has 27 heavy (non-hydrogen) atoms. The summed E-state index contributed by atoms with van der Waals surface area (Å²) in [6.07, 6.45) is 4.22.